The second kappa shape index (κ2) is 5.60. The van der Waals surface area contributed by atoms with Crippen molar-refractivity contribution in [3.63, 3.8) is 0 Å². The van der Waals surface area contributed by atoms with Crippen molar-refractivity contribution in [1.82, 2.24) is 5.32 Å². The summed E-state index contributed by atoms with van der Waals surface area (Å²) in [4.78, 5) is 22.6. The van der Waals surface area contributed by atoms with Crippen LogP contribution in [0, 0.1) is 10.1 Å². The van der Waals surface area contributed by atoms with Gasteiger partial charge in [0.2, 0.25) is 5.91 Å². The number of carbonyl (C=O) groups excluding carboxylic acids is 1. The quantitative estimate of drug-likeness (QED) is 0.681. The van der Waals surface area contributed by atoms with Crippen LogP contribution in [-0.4, -0.2) is 10.8 Å². The maximum absolute atomic E-state index is 12.5. The Balaban J connectivity index is 1.64. The third kappa shape index (κ3) is 2.70. The SMILES string of the molecule is O=C(NCc1ccc([N+](=O)[O-])cc1)C1(c2ccccc2)CC1. The molecule has 1 saturated carbocycles. The van der Waals surface area contributed by atoms with E-state index in [-0.39, 0.29) is 17.0 Å². The molecule has 0 aliphatic heterocycles. The summed E-state index contributed by atoms with van der Waals surface area (Å²) >= 11 is 0. The normalized spacial score (nSPS) is 15.1. The molecule has 0 bridgehead atoms. The van der Waals surface area contributed by atoms with Crippen LogP contribution in [0.5, 0.6) is 0 Å². The van der Waals surface area contributed by atoms with E-state index in [2.05, 4.69) is 5.32 Å². The zero-order valence-electron chi connectivity index (χ0n) is 12.0. The Labute approximate surface area is 128 Å². The molecule has 0 radical (unpaired) electrons. The van der Waals surface area contributed by atoms with Crippen molar-refractivity contribution in [2.75, 3.05) is 0 Å². The molecule has 2 aromatic rings. The fourth-order valence-corrected chi connectivity index (χ4v) is 2.62. The summed E-state index contributed by atoms with van der Waals surface area (Å²) in [5.41, 5.74) is 1.57. The van der Waals surface area contributed by atoms with Crippen molar-refractivity contribution >= 4 is 11.6 Å². The number of carbonyl (C=O) groups is 1. The van der Waals surface area contributed by atoms with Crippen LogP contribution < -0.4 is 5.32 Å². The van der Waals surface area contributed by atoms with E-state index in [9.17, 15) is 14.9 Å². The van der Waals surface area contributed by atoms with Crippen LogP contribution in [0.25, 0.3) is 0 Å². The highest BCUT2D eigenvalue weighted by molar-refractivity contribution is 5.91. The number of benzene rings is 2. The topological polar surface area (TPSA) is 72.2 Å². The molecule has 3 rings (SSSR count). The highest BCUT2D eigenvalue weighted by Gasteiger charge is 2.50. The lowest BCUT2D eigenvalue weighted by Gasteiger charge is -2.15. The predicted molar refractivity (Wildman–Crippen MR) is 82.3 cm³/mol. The summed E-state index contributed by atoms with van der Waals surface area (Å²) in [5.74, 6) is 0.0250. The molecular formula is C17H16N2O3. The maximum Gasteiger partial charge on any atom is 0.269 e. The zero-order valence-corrected chi connectivity index (χ0v) is 12.0. The molecule has 1 amide bonds. The van der Waals surface area contributed by atoms with E-state index in [1.807, 2.05) is 30.3 Å². The Kier molecular flexibility index (Phi) is 3.63. The van der Waals surface area contributed by atoms with Gasteiger partial charge in [-0.1, -0.05) is 42.5 Å². The van der Waals surface area contributed by atoms with Crippen molar-refractivity contribution in [3.05, 3.63) is 75.8 Å². The van der Waals surface area contributed by atoms with Gasteiger partial charge in [0.05, 0.1) is 10.3 Å². The summed E-state index contributed by atoms with van der Waals surface area (Å²) in [7, 11) is 0. The minimum absolute atomic E-state index is 0.0250. The Morgan fingerprint density at radius 1 is 1.09 bits per heavy atom. The van der Waals surface area contributed by atoms with E-state index in [1.165, 1.54) is 12.1 Å². The lowest BCUT2D eigenvalue weighted by atomic mass is 9.95. The highest BCUT2D eigenvalue weighted by atomic mass is 16.6. The van der Waals surface area contributed by atoms with E-state index in [1.54, 1.807) is 12.1 Å². The van der Waals surface area contributed by atoms with E-state index < -0.39 is 4.92 Å². The molecule has 0 aromatic heterocycles. The Morgan fingerprint density at radius 2 is 1.73 bits per heavy atom. The van der Waals surface area contributed by atoms with Gasteiger partial charge in [-0.15, -0.1) is 0 Å². The number of hydrogen-bond donors (Lipinski definition) is 1. The standard InChI is InChI=1S/C17H16N2O3/c20-16(17(10-11-17)14-4-2-1-3-5-14)18-12-13-6-8-15(9-7-13)19(21)22/h1-9H,10-12H2,(H,18,20). The van der Waals surface area contributed by atoms with Gasteiger partial charge in [-0.2, -0.15) is 0 Å². The molecule has 1 fully saturated rings. The number of nitrogens with zero attached hydrogens (tertiary/aromatic N) is 1. The van der Waals surface area contributed by atoms with Crippen molar-refractivity contribution in [2.45, 2.75) is 24.8 Å². The van der Waals surface area contributed by atoms with Crippen LogP contribution in [0.1, 0.15) is 24.0 Å². The van der Waals surface area contributed by atoms with Crippen LogP contribution in [0.3, 0.4) is 0 Å². The number of nitro groups is 1. The molecule has 112 valence electrons. The average Bonchev–Trinajstić information content (AvgIpc) is 3.36. The first-order chi connectivity index (χ1) is 10.6. The summed E-state index contributed by atoms with van der Waals surface area (Å²) < 4.78 is 0. The molecule has 5 nitrogen and oxygen atoms in total. The Bertz CT molecular complexity index is 692. The smallest absolute Gasteiger partial charge is 0.269 e. The Morgan fingerprint density at radius 3 is 2.27 bits per heavy atom. The summed E-state index contributed by atoms with van der Waals surface area (Å²) in [6.07, 6.45) is 1.73. The predicted octanol–water partition coefficient (Wildman–Crippen LogP) is 2.94. The van der Waals surface area contributed by atoms with Gasteiger partial charge in [-0.25, -0.2) is 0 Å². The molecule has 0 atom stereocenters. The molecule has 1 N–H and O–H groups in total. The molecule has 5 heteroatoms. The second-order valence-electron chi connectivity index (χ2n) is 5.55. The first-order valence-electron chi connectivity index (χ1n) is 7.19. The molecule has 0 heterocycles. The largest absolute Gasteiger partial charge is 0.351 e. The Hall–Kier alpha value is -2.69. The summed E-state index contributed by atoms with van der Waals surface area (Å²) in [6.45, 7) is 0.380. The van der Waals surface area contributed by atoms with Gasteiger partial charge < -0.3 is 5.32 Å². The van der Waals surface area contributed by atoms with Crippen LogP contribution in [-0.2, 0) is 16.8 Å². The van der Waals surface area contributed by atoms with Gasteiger partial charge in [0.1, 0.15) is 0 Å². The molecular weight excluding hydrogens is 280 g/mol. The van der Waals surface area contributed by atoms with Crippen LogP contribution in [0.15, 0.2) is 54.6 Å². The van der Waals surface area contributed by atoms with Crippen molar-refractivity contribution in [1.29, 1.82) is 0 Å². The third-order valence-corrected chi connectivity index (χ3v) is 4.11. The van der Waals surface area contributed by atoms with Gasteiger partial charge in [-0.05, 0) is 24.0 Å². The number of amides is 1. The first-order valence-corrected chi connectivity index (χ1v) is 7.19. The number of hydrogen-bond acceptors (Lipinski definition) is 3. The van der Waals surface area contributed by atoms with Crippen molar-refractivity contribution in [2.24, 2.45) is 0 Å². The lowest BCUT2D eigenvalue weighted by Crippen LogP contribution is -2.34. The van der Waals surface area contributed by atoms with E-state index >= 15 is 0 Å². The number of non-ortho nitro benzene ring substituents is 1. The first kappa shape index (κ1) is 14.3. The number of nitrogens with one attached hydrogen (secondary N) is 1. The van der Waals surface area contributed by atoms with Crippen LogP contribution in [0.2, 0.25) is 0 Å². The monoisotopic (exact) mass is 296 g/mol. The van der Waals surface area contributed by atoms with Gasteiger partial charge in [0.25, 0.3) is 5.69 Å². The zero-order chi connectivity index (χ0) is 15.6. The maximum atomic E-state index is 12.5. The van der Waals surface area contributed by atoms with Gasteiger partial charge >= 0.3 is 0 Å². The van der Waals surface area contributed by atoms with Gasteiger partial charge in [0.15, 0.2) is 0 Å². The second-order valence-corrected chi connectivity index (χ2v) is 5.55. The average molecular weight is 296 g/mol. The molecule has 0 saturated heterocycles. The van der Waals surface area contributed by atoms with Crippen molar-refractivity contribution in [3.8, 4) is 0 Å². The molecule has 1 aliphatic rings. The molecule has 1 aliphatic carbocycles. The van der Waals surface area contributed by atoms with E-state index in [0.29, 0.717) is 6.54 Å². The lowest BCUT2D eigenvalue weighted by molar-refractivity contribution is -0.384. The van der Waals surface area contributed by atoms with Gasteiger partial charge in [-0.3, -0.25) is 14.9 Å². The van der Waals surface area contributed by atoms with Crippen LogP contribution >= 0.6 is 0 Å². The molecule has 0 spiro atoms. The number of nitro benzene ring substituents is 1. The number of rotatable bonds is 5. The van der Waals surface area contributed by atoms with E-state index in [0.717, 1.165) is 24.0 Å². The highest BCUT2D eigenvalue weighted by Crippen LogP contribution is 2.48. The fraction of sp³-hybridized carbons (Fsp3) is 0.235. The summed E-state index contributed by atoms with van der Waals surface area (Å²) in [6, 6.07) is 16.0. The van der Waals surface area contributed by atoms with Gasteiger partial charge in [0, 0.05) is 18.7 Å². The molecule has 22 heavy (non-hydrogen) atoms. The molecule has 2 aromatic carbocycles. The minimum Gasteiger partial charge on any atom is -0.351 e. The summed E-state index contributed by atoms with van der Waals surface area (Å²) in [5, 5.41) is 13.6. The van der Waals surface area contributed by atoms with Crippen molar-refractivity contribution < 1.29 is 9.72 Å². The van der Waals surface area contributed by atoms with E-state index in [4.69, 9.17) is 0 Å². The fourth-order valence-electron chi connectivity index (χ4n) is 2.62. The molecule has 0 unspecified atom stereocenters. The minimum atomic E-state index is -0.434. The van der Waals surface area contributed by atoms with Crippen LogP contribution in [0.4, 0.5) is 5.69 Å². The third-order valence-electron chi connectivity index (χ3n) is 4.11.